The van der Waals surface area contributed by atoms with Gasteiger partial charge in [0.1, 0.15) is 11.9 Å². The highest BCUT2D eigenvalue weighted by molar-refractivity contribution is 5.81. The Bertz CT molecular complexity index is 798. The molecule has 2 aliphatic rings. The normalized spacial score (nSPS) is 25.0. The zero-order valence-electron chi connectivity index (χ0n) is 14.9. The number of amides is 1. The summed E-state index contributed by atoms with van der Waals surface area (Å²) in [6, 6.07) is 14.6. The van der Waals surface area contributed by atoms with Crippen LogP contribution < -0.4 is 15.4 Å². The van der Waals surface area contributed by atoms with E-state index in [1.54, 1.807) is 0 Å². The number of benzene rings is 2. The Morgan fingerprint density at radius 1 is 1.12 bits per heavy atom. The summed E-state index contributed by atoms with van der Waals surface area (Å²) in [4.78, 5) is 12.7. The van der Waals surface area contributed by atoms with Gasteiger partial charge >= 0.3 is 0 Å². The van der Waals surface area contributed by atoms with Crippen molar-refractivity contribution in [1.29, 1.82) is 0 Å². The molecule has 1 fully saturated rings. The Labute approximate surface area is 148 Å². The SMILES string of the molecule is Cc1ccc2c(c1)CC1C(=O)NC(c3ccc(C(C)C)cc3)NC1O2. The molecule has 0 spiro atoms. The summed E-state index contributed by atoms with van der Waals surface area (Å²) in [5, 5.41) is 6.55. The molecule has 2 N–H and O–H groups in total. The molecule has 4 rings (SSSR count). The van der Waals surface area contributed by atoms with E-state index in [9.17, 15) is 4.79 Å². The molecule has 0 aromatic heterocycles. The molecule has 25 heavy (non-hydrogen) atoms. The second kappa shape index (κ2) is 6.19. The molecular formula is C21H24N2O2. The van der Waals surface area contributed by atoms with Crippen LogP contribution in [-0.2, 0) is 11.2 Å². The van der Waals surface area contributed by atoms with Crippen LogP contribution in [0.5, 0.6) is 5.75 Å². The van der Waals surface area contributed by atoms with Gasteiger partial charge in [-0.05, 0) is 42.0 Å². The Balaban J connectivity index is 1.56. The molecule has 2 heterocycles. The zero-order chi connectivity index (χ0) is 17.6. The molecule has 2 aliphatic heterocycles. The molecule has 2 aromatic rings. The van der Waals surface area contributed by atoms with Crippen molar-refractivity contribution in [3.05, 3.63) is 64.7 Å². The summed E-state index contributed by atoms with van der Waals surface area (Å²) in [6.07, 6.45) is 0.195. The first-order valence-corrected chi connectivity index (χ1v) is 8.94. The number of ether oxygens (including phenoxy) is 1. The fraction of sp³-hybridized carbons (Fsp3) is 0.381. The van der Waals surface area contributed by atoms with Gasteiger partial charge in [0.15, 0.2) is 6.23 Å². The van der Waals surface area contributed by atoms with Gasteiger partial charge in [0.05, 0.1) is 5.92 Å². The van der Waals surface area contributed by atoms with E-state index in [2.05, 4.69) is 61.7 Å². The number of aryl methyl sites for hydroxylation is 1. The average Bonchev–Trinajstić information content (AvgIpc) is 2.60. The monoisotopic (exact) mass is 336 g/mol. The maximum atomic E-state index is 12.7. The van der Waals surface area contributed by atoms with Gasteiger partial charge in [0.2, 0.25) is 5.91 Å². The predicted molar refractivity (Wildman–Crippen MR) is 97.3 cm³/mol. The molecule has 0 saturated carbocycles. The largest absolute Gasteiger partial charge is 0.474 e. The Morgan fingerprint density at radius 2 is 1.88 bits per heavy atom. The average molecular weight is 336 g/mol. The lowest BCUT2D eigenvalue weighted by Crippen LogP contribution is -2.60. The van der Waals surface area contributed by atoms with Crippen molar-refractivity contribution in [3.63, 3.8) is 0 Å². The van der Waals surface area contributed by atoms with Crippen molar-refractivity contribution < 1.29 is 9.53 Å². The van der Waals surface area contributed by atoms with Gasteiger partial charge in [-0.1, -0.05) is 55.8 Å². The van der Waals surface area contributed by atoms with Crippen molar-refractivity contribution in [3.8, 4) is 5.75 Å². The first-order chi connectivity index (χ1) is 12.0. The quantitative estimate of drug-likeness (QED) is 0.883. The molecule has 4 nitrogen and oxygen atoms in total. The third-order valence-electron chi connectivity index (χ3n) is 5.17. The molecule has 3 unspecified atom stereocenters. The standard InChI is InChI=1S/C21H24N2O2/c1-12(2)14-5-7-15(8-6-14)19-22-20(24)17-11-16-10-13(3)4-9-18(16)25-21(17)23-19/h4-10,12,17,19,21,23H,11H2,1-3H3,(H,22,24). The van der Waals surface area contributed by atoms with Crippen LogP contribution >= 0.6 is 0 Å². The number of hydrogen-bond acceptors (Lipinski definition) is 3. The summed E-state index contributed by atoms with van der Waals surface area (Å²) >= 11 is 0. The Morgan fingerprint density at radius 3 is 2.60 bits per heavy atom. The summed E-state index contributed by atoms with van der Waals surface area (Å²) in [7, 11) is 0. The van der Waals surface area contributed by atoms with Crippen molar-refractivity contribution >= 4 is 5.91 Å². The number of fused-ring (bicyclic) bond motifs is 2. The number of hydrogen-bond donors (Lipinski definition) is 2. The third-order valence-corrected chi connectivity index (χ3v) is 5.17. The highest BCUT2D eigenvalue weighted by Gasteiger charge is 2.41. The minimum atomic E-state index is -0.293. The molecule has 1 saturated heterocycles. The van der Waals surface area contributed by atoms with E-state index in [1.165, 1.54) is 11.1 Å². The third kappa shape index (κ3) is 3.02. The van der Waals surface area contributed by atoms with Gasteiger partial charge in [-0.15, -0.1) is 0 Å². The van der Waals surface area contributed by atoms with Crippen molar-refractivity contribution in [2.45, 2.75) is 45.5 Å². The fourth-order valence-electron chi connectivity index (χ4n) is 3.63. The highest BCUT2D eigenvalue weighted by atomic mass is 16.5. The van der Waals surface area contributed by atoms with Crippen LogP contribution in [0.4, 0.5) is 0 Å². The highest BCUT2D eigenvalue weighted by Crippen LogP contribution is 2.34. The summed E-state index contributed by atoms with van der Waals surface area (Å²) in [6.45, 7) is 6.41. The van der Waals surface area contributed by atoms with Gasteiger partial charge in [-0.2, -0.15) is 0 Å². The number of nitrogens with one attached hydrogen (secondary N) is 2. The minimum Gasteiger partial charge on any atom is -0.474 e. The van der Waals surface area contributed by atoms with E-state index in [1.807, 2.05) is 12.1 Å². The van der Waals surface area contributed by atoms with Gasteiger partial charge in [0, 0.05) is 0 Å². The van der Waals surface area contributed by atoms with Gasteiger partial charge in [-0.3, -0.25) is 10.1 Å². The lowest BCUT2D eigenvalue weighted by molar-refractivity contribution is -0.135. The maximum absolute atomic E-state index is 12.7. The molecule has 4 heteroatoms. The summed E-state index contributed by atoms with van der Waals surface area (Å²) < 4.78 is 6.10. The molecule has 1 amide bonds. The second-order valence-electron chi connectivity index (χ2n) is 7.39. The lowest BCUT2D eigenvalue weighted by atomic mass is 9.90. The number of rotatable bonds is 2. The maximum Gasteiger partial charge on any atom is 0.230 e. The summed E-state index contributed by atoms with van der Waals surface area (Å²) in [5.74, 6) is 1.23. The molecule has 130 valence electrons. The van der Waals surface area contributed by atoms with Gasteiger partial charge in [0.25, 0.3) is 0 Å². The number of carbonyl (C=O) groups is 1. The van der Waals surface area contributed by atoms with E-state index in [0.717, 1.165) is 16.9 Å². The number of carbonyl (C=O) groups excluding carboxylic acids is 1. The topological polar surface area (TPSA) is 50.4 Å². The van der Waals surface area contributed by atoms with Crippen LogP contribution in [0.25, 0.3) is 0 Å². The van der Waals surface area contributed by atoms with Crippen LogP contribution in [-0.4, -0.2) is 12.1 Å². The van der Waals surface area contributed by atoms with Crippen LogP contribution in [0, 0.1) is 12.8 Å². The van der Waals surface area contributed by atoms with Gasteiger partial charge in [-0.25, -0.2) is 0 Å². The van der Waals surface area contributed by atoms with Gasteiger partial charge < -0.3 is 10.1 Å². The van der Waals surface area contributed by atoms with Crippen molar-refractivity contribution in [1.82, 2.24) is 10.6 Å². The van der Waals surface area contributed by atoms with E-state index in [4.69, 9.17) is 4.74 Å². The molecule has 0 radical (unpaired) electrons. The van der Waals surface area contributed by atoms with Crippen molar-refractivity contribution in [2.24, 2.45) is 5.92 Å². The summed E-state index contributed by atoms with van der Waals surface area (Å²) in [5.41, 5.74) is 4.64. The smallest absolute Gasteiger partial charge is 0.230 e. The van der Waals surface area contributed by atoms with E-state index in [0.29, 0.717) is 12.3 Å². The molecule has 2 aromatic carbocycles. The predicted octanol–water partition coefficient (Wildman–Crippen LogP) is 3.41. The molecule has 3 atom stereocenters. The lowest BCUT2D eigenvalue weighted by Gasteiger charge is -2.40. The van der Waals surface area contributed by atoms with E-state index >= 15 is 0 Å². The van der Waals surface area contributed by atoms with Crippen LogP contribution in [0.3, 0.4) is 0 Å². The fourth-order valence-corrected chi connectivity index (χ4v) is 3.63. The van der Waals surface area contributed by atoms with E-state index in [-0.39, 0.29) is 24.2 Å². The second-order valence-corrected chi connectivity index (χ2v) is 7.39. The minimum absolute atomic E-state index is 0.0499. The molecular weight excluding hydrogens is 312 g/mol. The van der Waals surface area contributed by atoms with Crippen LogP contribution in [0.1, 0.15) is 48.2 Å². The van der Waals surface area contributed by atoms with Crippen LogP contribution in [0.2, 0.25) is 0 Å². The molecule has 0 bridgehead atoms. The Hall–Kier alpha value is -2.33. The zero-order valence-corrected chi connectivity index (χ0v) is 14.9. The van der Waals surface area contributed by atoms with Crippen LogP contribution in [0.15, 0.2) is 42.5 Å². The first-order valence-electron chi connectivity index (χ1n) is 8.94. The first kappa shape index (κ1) is 16.2. The van der Waals surface area contributed by atoms with Crippen molar-refractivity contribution in [2.75, 3.05) is 0 Å². The van der Waals surface area contributed by atoms with E-state index < -0.39 is 0 Å². The Kier molecular flexibility index (Phi) is 4.00. The molecule has 0 aliphatic carbocycles.